The SMILES string of the molecule is CCOc1ncccc1C(=O)OCc1cc([N+](=O)[O-])cc2c1OCOC2. The van der Waals surface area contributed by atoms with Gasteiger partial charge in [0.1, 0.15) is 17.9 Å². The number of hydrogen-bond acceptors (Lipinski definition) is 8. The van der Waals surface area contributed by atoms with Crippen LogP contribution >= 0.6 is 0 Å². The summed E-state index contributed by atoms with van der Waals surface area (Å²) in [4.78, 5) is 26.9. The molecule has 0 unspecified atom stereocenters. The third kappa shape index (κ3) is 3.72. The van der Waals surface area contributed by atoms with Gasteiger partial charge in [0.2, 0.25) is 5.88 Å². The third-order valence-corrected chi connectivity index (χ3v) is 3.61. The first kappa shape index (κ1) is 17.6. The third-order valence-electron chi connectivity index (χ3n) is 3.61. The van der Waals surface area contributed by atoms with Gasteiger partial charge in [-0.1, -0.05) is 0 Å². The molecule has 136 valence electrons. The maximum Gasteiger partial charge on any atom is 0.343 e. The van der Waals surface area contributed by atoms with E-state index in [9.17, 15) is 14.9 Å². The van der Waals surface area contributed by atoms with Crippen LogP contribution in [0.4, 0.5) is 5.69 Å². The Morgan fingerprint density at radius 2 is 2.27 bits per heavy atom. The van der Waals surface area contributed by atoms with E-state index >= 15 is 0 Å². The average molecular weight is 360 g/mol. The van der Waals surface area contributed by atoms with Crippen molar-refractivity contribution in [1.82, 2.24) is 4.98 Å². The van der Waals surface area contributed by atoms with Crippen molar-refractivity contribution in [2.75, 3.05) is 13.4 Å². The lowest BCUT2D eigenvalue weighted by Crippen LogP contribution is -2.15. The van der Waals surface area contributed by atoms with Crippen LogP contribution in [0.5, 0.6) is 11.6 Å². The minimum Gasteiger partial charge on any atom is -0.477 e. The number of nitro groups is 1. The minimum atomic E-state index is -0.645. The predicted octanol–water partition coefficient (Wildman–Crippen LogP) is 2.61. The molecule has 0 bridgehead atoms. The number of carbonyl (C=O) groups is 1. The summed E-state index contributed by atoms with van der Waals surface area (Å²) in [5.74, 6) is -0.0366. The van der Waals surface area contributed by atoms with E-state index in [1.807, 2.05) is 0 Å². The Labute approximate surface area is 148 Å². The topological polar surface area (TPSA) is 110 Å². The lowest BCUT2D eigenvalue weighted by atomic mass is 10.1. The number of nitrogens with zero attached hydrogens (tertiary/aromatic N) is 2. The normalized spacial score (nSPS) is 12.7. The number of rotatable bonds is 6. The number of ether oxygens (including phenoxy) is 4. The van der Waals surface area contributed by atoms with E-state index in [2.05, 4.69) is 4.98 Å². The van der Waals surface area contributed by atoms with Crippen molar-refractivity contribution in [1.29, 1.82) is 0 Å². The Morgan fingerprint density at radius 1 is 1.42 bits per heavy atom. The number of aromatic nitrogens is 1. The largest absolute Gasteiger partial charge is 0.477 e. The molecular weight excluding hydrogens is 344 g/mol. The molecular formula is C17H16N2O7. The summed E-state index contributed by atoms with van der Waals surface area (Å²) >= 11 is 0. The molecule has 3 rings (SSSR count). The number of hydrogen-bond donors (Lipinski definition) is 0. The summed E-state index contributed by atoms with van der Waals surface area (Å²) in [6, 6.07) is 5.83. The van der Waals surface area contributed by atoms with Crippen LogP contribution in [0.3, 0.4) is 0 Å². The highest BCUT2D eigenvalue weighted by Crippen LogP contribution is 2.33. The first-order valence-corrected chi connectivity index (χ1v) is 7.85. The van der Waals surface area contributed by atoms with Crippen LogP contribution in [0.2, 0.25) is 0 Å². The Morgan fingerprint density at radius 3 is 3.04 bits per heavy atom. The number of esters is 1. The van der Waals surface area contributed by atoms with E-state index in [-0.39, 0.29) is 37.1 Å². The van der Waals surface area contributed by atoms with Crippen molar-refractivity contribution in [2.45, 2.75) is 20.1 Å². The molecule has 0 N–H and O–H groups in total. The molecule has 0 atom stereocenters. The molecule has 1 aromatic heterocycles. The van der Waals surface area contributed by atoms with Crippen LogP contribution in [-0.4, -0.2) is 29.3 Å². The lowest BCUT2D eigenvalue weighted by molar-refractivity contribution is -0.385. The lowest BCUT2D eigenvalue weighted by Gasteiger charge is -2.20. The number of benzene rings is 1. The molecule has 26 heavy (non-hydrogen) atoms. The Balaban J connectivity index is 1.82. The molecule has 0 fully saturated rings. The van der Waals surface area contributed by atoms with Crippen LogP contribution in [0.25, 0.3) is 0 Å². The summed E-state index contributed by atoms with van der Waals surface area (Å²) < 4.78 is 21.2. The maximum atomic E-state index is 12.4. The van der Waals surface area contributed by atoms with Crippen molar-refractivity contribution >= 4 is 11.7 Å². The van der Waals surface area contributed by atoms with E-state index in [0.717, 1.165) is 0 Å². The highest BCUT2D eigenvalue weighted by molar-refractivity contribution is 5.91. The van der Waals surface area contributed by atoms with Crippen molar-refractivity contribution in [3.63, 3.8) is 0 Å². The Kier molecular flexibility index (Phi) is 5.28. The second-order valence-electron chi connectivity index (χ2n) is 5.33. The van der Waals surface area contributed by atoms with Gasteiger partial charge in [-0.05, 0) is 19.1 Å². The van der Waals surface area contributed by atoms with Gasteiger partial charge in [0.15, 0.2) is 6.79 Å². The molecule has 2 aromatic rings. The highest BCUT2D eigenvalue weighted by Gasteiger charge is 2.22. The van der Waals surface area contributed by atoms with Gasteiger partial charge in [0.05, 0.1) is 18.1 Å². The summed E-state index contributed by atoms with van der Waals surface area (Å²) in [5, 5.41) is 11.1. The number of pyridine rings is 1. The van der Waals surface area contributed by atoms with Gasteiger partial charge in [-0.2, -0.15) is 0 Å². The van der Waals surface area contributed by atoms with E-state index in [4.69, 9.17) is 18.9 Å². The molecule has 0 aliphatic carbocycles. The van der Waals surface area contributed by atoms with Crippen LogP contribution in [0.15, 0.2) is 30.5 Å². The summed E-state index contributed by atoms with van der Waals surface area (Å²) in [6.45, 7) is 2.16. The minimum absolute atomic E-state index is 0.0306. The molecule has 1 aliphatic heterocycles. The fourth-order valence-electron chi connectivity index (χ4n) is 2.51. The van der Waals surface area contributed by atoms with E-state index in [1.54, 1.807) is 13.0 Å². The summed E-state index contributed by atoms with van der Waals surface area (Å²) in [5.41, 5.74) is 0.985. The Bertz CT molecular complexity index is 838. The van der Waals surface area contributed by atoms with Gasteiger partial charge in [0, 0.05) is 29.5 Å². The first-order valence-electron chi connectivity index (χ1n) is 7.85. The first-order chi connectivity index (χ1) is 12.6. The van der Waals surface area contributed by atoms with Crippen LogP contribution in [0, 0.1) is 10.1 Å². The average Bonchev–Trinajstić information content (AvgIpc) is 2.66. The molecule has 0 saturated carbocycles. The van der Waals surface area contributed by atoms with Crippen LogP contribution in [0.1, 0.15) is 28.4 Å². The predicted molar refractivity (Wildman–Crippen MR) is 87.9 cm³/mol. The molecule has 9 nitrogen and oxygen atoms in total. The maximum absolute atomic E-state index is 12.4. The standard InChI is InChI=1S/C17H16N2O7/c1-2-24-16-14(4-3-5-18-16)17(20)25-9-12-7-13(19(21)22)6-11-8-23-10-26-15(11)12/h3-7H,2,8-10H2,1H3. The van der Waals surface area contributed by atoms with Crippen LogP contribution in [-0.2, 0) is 22.7 Å². The molecule has 2 heterocycles. The van der Waals surface area contributed by atoms with E-state index < -0.39 is 10.9 Å². The van der Waals surface area contributed by atoms with Crippen molar-refractivity contribution in [3.05, 3.63) is 57.3 Å². The summed E-state index contributed by atoms with van der Waals surface area (Å²) in [6.07, 6.45) is 1.51. The molecule has 0 radical (unpaired) electrons. The summed E-state index contributed by atoms with van der Waals surface area (Å²) in [7, 11) is 0. The number of non-ortho nitro benzene ring substituents is 1. The van der Waals surface area contributed by atoms with Gasteiger partial charge < -0.3 is 18.9 Å². The fraction of sp³-hybridized carbons (Fsp3) is 0.294. The molecule has 9 heteroatoms. The number of fused-ring (bicyclic) bond motifs is 1. The molecule has 0 amide bonds. The van der Waals surface area contributed by atoms with Gasteiger partial charge >= 0.3 is 5.97 Å². The van der Waals surface area contributed by atoms with Gasteiger partial charge in [-0.25, -0.2) is 9.78 Å². The number of nitro benzene ring substituents is 1. The zero-order chi connectivity index (χ0) is 18.5. The van der Waals surface area contributed by atoms with Gasteiger partial charge in [0.25, 0.3) is 5.69 Å². The fourth-order valence-corrected chi connectivity index (χ4v) is 2.51. The van der Waals surface area contributed by atoms with Gasteiger partial charge in [-0.3, -0.25) is 10.1 Å². The Hall–Kier alpha value is -3.20. The van der Waals surface area contributed by atoms with Gasteiger partial charge in [-0.15, -0.1) is 0 Å². The highest BCUT2D eigenvalue weighted by atomic mass is 16.7. The monoisotopic (exact) mass is 360 g/mol. The second-order valence-corrected chi connectivity index (χ2v) is 5.33. The van der Waals surface area contributed by atoms with Crippen molar-refractivity contribution in [3.8, 4) is 11.6 Å². The molecule has 1 aliphatic rings. The van der Waals surface area contributed by atoms with Crippen molar-refractivity contribution < 1.29 is 28.7 Å². The zero-order valence-corrected chi connectivity index (χ0v) is 14.0. The van der Waals surface area contributed by atoms with E-state index in [1.165, 1.54) is 24.4 Å². The zero-order valence-electron chi connectivity index (χ0n) is 14.0. The molecule has 1 aromatic carbocycles. The second kappa shape index (κ2) is 7.79. The number of carbonyl (C=O) groups excluding carboxylic acids is 1. The van der Waals surface area contributed by atoms with Crippen molar-refractivity contribution in [2.24, 2.45) is 0 Å². The smallest absolute Gasteiger partial charge is 0.343 e. The molecule has 0 spiro atoms. The quantitative estimate of drug-likeness (QED) is 0.439. The molecule has 0 saturated heterocycles. The van der Waals surface area contributed by atoms with E-state index in [0.29, 0.717) is 23.5 Å². The van der Waals surface area contributed by atoms with Crippen LogP contribution < -0.4 is 9.47 Å².